The van der Waals surface area contributed by atoms with E-state index < -0.39 is 0 Å². The topological polar surface area (TPSA) is 52.5 Å². The lowest BCUT2D eigenvalue weighted by molar-refractivity contribution is 0.298. The quantitative estimate of drug-likeness (QED) is 0.253. The summed E-state index contributed by atoms with van der Waals surface area (Å²) in [5, 5.41) is 8.22. The number of rotatable bonds is 10. The molecule has 0 spiro atoms. The van der Waals surface area contributed by atoms with Gasteiger partial charge >= 0.3 is 0 Å². The third kappa shape index (κ3) is 7.08. The van der Waals surface area contributed by atoms with E-state index in [1.54, 1.807) is 11.3 Å². The summed E-state index contributed by atoms with van der Waals surface area (Å²) >= 11 is 1.43. The predicted molar refractivity (Wildman–Crippen MR) is 140 cm³/mol. The standard InChI is InChI=1S/C23H32IN5S/c1-5-29(6-2)11-7-9-25-15-20-16-27-22(30-20)21-8-10-26-23(24-21)28-19-13-17(3)12-18(4)14-19/h8,10,12-14,16,25H,5-7,9,11,15H2,1-4H3,(H,26,28). The first-order chi connectivity index (χ1) is 14.6. The molecule has 0 bridgehead atoms. The highest BCUT2D eigenvalue weighted by atomic mass is 127. The van der Waals surface area contributed by atoms with Crippen LogP contribution in [0.5, 0.6) is 0 Å². The number of allylic oxidation sites excluding steroid dienone is 1. The fourth-order valence-electron chi connectivity index (χ4n) is 3.33. The first-order valence-electron chi connectivity index (χ1n) is 10.6. The first-order valence-corrected chi connectivity index (χ1v) is 13.5. The average Bonchev–Trinajstić information content (AvgIpc) is 3.19. The van der Waals surface area contributed by atoms with Crippen LogP contribution < -0.4 is 10.6 Å². The van der Waals surface area contributed by atoms with Crippen molar-refractivity contribution in [2.75, 3.05) is 31.5 Å². The molecule has 0 aliphatic carbocycles. The van der Waals surface area contributed by atoms with Crippen LogP contribution in [-0.4, -0.2) is 43.4 Å². The molecule has 1 aliphatic rings. The van der Waals surface area contributed by atoms with E-state index in [9.17, 15) is 0 Å². The van der Waals surface area contributed by atoms with Crippen LogP contribution in [0, 0.1) is 13.8 Å². The number of thiazole rings is 1. The highest BCUT2D eigenvalue weighted by Crippen LogP contribution is 2.23. The summed E-state index contributed by atoms with van der Waals surface area (Å²) in [5.41, 5.74) is 3.65. The van der Waals surface area contributed by atoms with Gasteiger partial charge in [0.2, 0.25) is 0 Å². The van der Waals surface area contributed by atoms with E-state index in [0.29, 0.717) is 0 Å². The summed E-state index contributed by atoms with van der Waals surface area (Å²) in [4.78, 5) is 13.0. The molecule has 2 aromatic rings. The second-order valence-electron chi connectivity index (χ2n) is 7.37. The van der Waals surface area contributed by atoms with Gasteiger partial charge in [0.05, 0.1) is 0 Å². The number of aromatic nitrogens is 1. The molecule has 0 amide bonds. The number of aliphatic imine (C=N–C) groups is 1. The van der Waals surface area contributed by atoms with Crippen LogP contribution in [0.4, 0.5) is 5.69 Å². The number of hydrogen-bond acceptors (Lipinski definition) is 6. The number of nitrogens with one attached hydrogen (secondary N) is 2. The molecule has 1 aromatic carbocycles. The smallest absolute Gasteiger partial charge is 0.163 e. The predicted octanol–water partition coefficient (Wildman–Crippen LogP) is 5.07. The molecule has 0 fully saturated rings. The third-order valence-electron chi connectivity index (χ3n) is 4.85. The van der Waals surface area contributed by atoms with Gasteiger partial charge in [-0.3, -0.25) is 0 Å². The van der Waals surface area contributed by atoms with Gasteiger partial charge in [-0.2, -0.15) is 0 Å². The second-order valence-corrected chi connectivity index (χ2v) is 11.2. The van der Waals surface area contributed by atoms with Crippen LogP contribution in [0.1, 0.15) is 41.3 Å². The van der Waals surface area contributed by atoms with Crippen molar-refractivity contribution in [2.45, 2.75) is 40.7 Å². The van der Waals surface area contributed by atoms with Crippen LogP contribution in [0.2, 0.25) is 0 Å². The van der Waals surface area contributed by atoms with E-state index in [1.807, 2.05) is 12.4 Å². The molecule has 3 rings (SSSR count). The van der Waals surface area contributed by atoms with Gasteiger partial charge in [-0.25, -0.2) is 9.98 Å². The SMILES string of the molecule is CCN(CC)CCCNCc1cnc(C2=IC(Nc3cc(C)cc(C)c3)=NC=C2)s1. The van der Waals surface area contributed by atoms with E-state index in [4.69, 9.17) is 0 Å². The van der Waals surface area contributed by atoms with Crippen LogP contribution >= 0.6 is 32.1 Å². The van der Waals surface area contributed by atoms with Crippen molar-refractivity contribution in [2.24, 2.45) is 4.99 Å². The summed E-state index contributed by atoms with van der Waals surface area (Å²) in [6.07, 6.45) is 7.23. The van der Waals surface area contributed by atoms with Gasteiger partial charge < -0.3 is 15.5 Å². The zero-order chi connectivity index (χ0) is 21.3. The Labute approximate surface area is 194 Å². The number of aryl methyl sites for hydroxylation is 2. The number of halogens is 1. The molecule has 1 aliphatic heterocycles. The molecule has 2 heterocycles. The Morgan fingerprint density at radius 1 is 1.10 bits per heavy atom. The van der Waals surface area contributed by atoms with Gasteiger partial charge in [0.25, 0.3) is 0 Å². The van der Waals surface area contributed by atoms with E-state index in [1.165, 1.54) is 25.9 Å². The lowest BCUT2D eigenvalue weighted by atomic mass is 10.1. The summed E-state index contributed by atoms with van der Waals surface area (Å²) in [7, 11) is 0. The molecule has 30 heavy (non-hydrogen) atoms. The van der Waals surface area contributed by atoms with E-state index in [-0.39, 0.29) is 20.7 Å². The fraction of sp³-hybridized carbons (Fsp3) is 0.435. The summed E-state index contributed by atoms with van der Waals surface area (Å²) < 4.78 is 2.40. The Hall–Kier alpha value is -1.42. The molecule has 1 aromatic heterocycles. The van der Waals surface area contributed by atoms with Crippen LogP contribution in [-0.2, 0) is 6.54 Å². The lowest BCUT2D eigenvalue weighted by Crippen LogP contribution is -2.27. The average molecular weight is 538 g/mol. The van der Waals surface area contributed by atoms with Gasteiger partial charge in [-0.15, -0.1) is 11.3 Å². The molecule has 0 saturated heterocycles. The minimum atomic E-state index is -0.369. The summed E-state index contributed by atoms with van der Waals surface area (Å²) in [5.74, 6) is 0. The number of nitrogens with zero attached hydrogens (tertiary/aromatic N) is 3. The summed E-state index contributed by atoms with van der Waals surface area (Å²) in [6.45, 7) is 14.1. The van der Waals surface area contributed by atoms with Gasteiger partial charge in [-0.05, 0) is 96.5 Å². The second kappa shape index (κ2) is 11.8. The monoisotopic (exact) mass is 537 g/mol. The van der Waals surface area contributed by atoms with Crippen LogP contribution in [0.3, 0.4) is 0 Å². The zero-order valence-electron chi connectivity index (χ0n) is 18.3. The molecule has 5 nitrogen and oxygen atoms in total. The van der Waals surface area contributed by atoms with Crippen LogP contribution in [0.15, 0.2) is 41.7 Å². The minimum absolute atomic E-state index is 0.369. The van der Waals surface area contributed by atoms with Gasteiger partial charge in [0.1, 0.15) is 5.01 Å². The first kappa shape index (κ1) is 23.2. The molecule has 0 atom stereocenters. The molecule has 2 N–H and O–H groups in total. The highest BCUT2D eigenvalue weighted by molar-refractivity contribution is 14.2. The Morgan fingerprint density at radius 3 is 2.60 bits per heavy atom. The Balaban J connectivity index is 1.53. The number of hydrogen-bond donors (Lipinski definition) is 2. The van der Waals surface area contributed by atoms with Crippen molar-refractivity contribution in [1.29, 1.82) is 0 Å². The van der Waals surface area contributed by atoms with Gasteiger partial charge in [0.15, 0.2) is 3.84 Å². The number of benzene rings is 1. The van der Waals surface area contributed by atoms with Crippen molar-refractivity contribution < 1.29 is 0 Å². The van der Waals surface area contributed by atoms with E-state index in [2.05, 4.69) is 77.5 Å². The van der Waals surface area contributed by atoms with Crippen molar-refractivity contribution in [3.8, 4) is 0 Å². The maximum Gasteiger partial charge on any atom is 0.163 e. The normalized spacial score (nSPS) is 13.8. The van der Waals surface area contributed by atoms with Crippen molar-refractivity contribution in [1.82, 2.24) is 15.2 Å². The van der Waals surface area contributed by atoms with Crippen molar-refractivity contribution in [3.05, 3.63) is 57.7 Å². The molecule has 7 heteroatoms. The Kier molecular flexibility index (Phi) is 9.17. The van der Waals surface area contributed by atoms with Crippen molar-refractivity contribution in [3.63, 3.8) is 0 Å². The fourth-order valence-corrected chi connectivity index (χ4v) is 6.73. The number of anilines is 1. The lowest BCUT2D eigenvalue weighted by Gasteiger charge is -2.17. The highest BCUT2D eigenvalue weighted by Gasteiger charge is 2.11. The van der Waals surface area contributed by atoms with E-state index >= 15 is 0 Å². The molecular weight excluding hydrogens is 505 g/mol. The van der Waals surface area contributed by atoms with Gasteiger partial charge in [-0.1, -0.05) is 19.9 Å². The minimum Gasteiger partial charge on any atom is -0.335 e. The zero-order valence-corrected chi connectivity index (χ0v) is 21.3. The molecule has 0 unspecified atom stereocenters. The molecule has 0 saturated carbocycles. The summed E-state index contributed by atoms with van der Waals surface area (Å²) in [6, 6.07) is 6.53. The number of amidine groups is 1. The molecular formula is C23H32IN5S. The molecule has 162 valence electrons. The Morgan fingerprint density at radius 2 is 1.87 bits per heavy atom. The maximum absolute atomic E-state index is 4.69. The van der Waals surface area contributed by atoms with Gasteiger partial charge in [0, 0.05) is 33.0 Å². The van der Waals surface area contributed by atoms with E-state index in [0.717, 1.165) is 47.3 Å². The molecule has 0 radical (unpaired) electrons. The third-order valence-corrected chi connectivity index (χ3v) is 8.76. The largest absolute Gasteiger partial charge is 0.335 e. The maximum atomic E-state index is 4.69. The Bertz CT molecular complexity index is 907. The van der Waals surface area contributed by atoms with Crippen molar-refractivity contribution >= 4 is 45.1 Å². The van der Waals surface area contributed by atoms with Crippen LogP contribution in [0.25, 0.3) is 0 Å².